The van der Waals surface area contributed by atoms with E-state index in [9.17, 15) is 4.79 Å². The Hall–Kier alpha value is -1.84. The van der Waals surface area contributed by atoms with Crippen LogP contribution in [0.1, 0.15) is 13.2 Å². The van der Waals surface area contributed by atoms with Crippen molar-refractivity contribution in [2.75, 3.05) is 0 Å². The summed E-state index contributed by atoms with van der Waals surface area (Å²) in [5.41, 5.74) is 0.960. The highest BCUT2D eigenvalue weighted by molar-refractivity contribution is 5.78. The minimum atomic E-state index is -0.368. The van der Waals surface area contributed by atoms with Crippen LogP contribution in [-0.4, -0.2) is 16.3 Å². The smallest absolute Gasteiger partial charge is 0.295 e. The van der Waals surface area contributed by atoms with Crippen molar-refractivity contribution in [1.29, 1.82) is 0 Å². The molecule has 0 radical (unpaired) electrons. The molecule has 0 aliphatic rings. The molecule has 4 heteroatoms. The Morgan fingerprint density at radius 2 is 2.29 bits per heavy atom. The van der Waals surface area contributed by atoms with Gasteiger partial charge < -0.3 is 4.74 Å². The number of ether oxygens (including phenoxy) is 1. The minimum Gasteiger partial charge on any atom is -0.442 e. The number of benzene rings is 1. The maximum atomic E-state index is 10.2. The number of rotatable bonds is 3. The van der Waals surface area contributed by atoms with Crippen molar-refractivity contribution >= 4 is 17.4 Å². The molecule has 0 spiro atoms. The molecule has 1 heterocycles. The molecule has 0 saturated heterocycles. The van der Waals surface area contributed by atoms with Crippen molar-refractivity contribution in [2.45, 2.75) is 13.2 Å². The van der Waals surface area contributed by atoms with Crippen LogP contribution in [0.25, 0.3) is 10.9 Å². The third kappa shape index (κ3) is 1.35. The van der Waals surface area contributed by atoms with Gasteiger partial charge in [0, 0.05) is 5.39 Å². The molecular weight excluding hydrogens is 180 g/mol. The highest BCUT2D eigenvalue weighted by Crippen LogP contribution is 2.17. The van der Waals surface area contributed by atoms with Crippen molar-refractivity contribution < 1.29 is 9.53 Å². The predicted octanol–water partition coefficient (Wildman–Crippen LogP) is 1.73. The maximum absolute atomic E-state index is 10.2. The summed E-state index contributed by atoms with van der Waals surface area (Å²) in [6, 6.07) is 7.77. The van der Waals surface area contributed by atoms with Crippen LogP contribution >= 0.6 is 0 Å². The molecule has 1 unspecified atom stereocenters. The second-order valence-corrected chi connectivity index (χ2v) is 2.98. The Morgan fingerprint density at radius 1 is 1.50 bits per heavy atom. The zero-order valence-corrected chi connectivity index (χ0v) is 7.75. The number of aromatic nitrogens is 2. The van der Waals surface area contributed by atoms with E-state index < -0.39 is 0 Å². The molecule has 0 aliphatic heterocycles. The van der Waals surface area contributed by atoms with Crippen molar-refractivity contribution in [2.24, 2.45) is 0 Å². The topological polar surface area (TPSA) is 44.1 Å². The lowest BCUT2D eigenvalue weighted by atomic mass is 10.2. The van der Waals surface area contributed by atoms with E-state index in [0.717, 1.165) is 10.9 Å². The van der Waals surface area contributed by atoms with Gasteiger partial charge in [0.25, 0.3) is 6.47 Å². The average Bonchev–Trinajstić information content (AvgIpc) is 2.61. The highest BCUT2D eigenvalue weighted by atomic mass is 16.5. The number of carbonyl (C=O) groups excluding carboxylic acids is 1. The van der Waals surface area contributed by atoms with Crippen molar-refractivity contribution in [3.63, 3.8) is 0 Å². The summed E-state index contributed by atoms with van der Waals surface area (Å²) in [6.07, 6.45) is 1.38. The zero-order chi connectivity index (χ0) is 9.97. The molecule has 0 fully saturated rings. The number of fused-ring (bicyclic) bond motifs is 1. The van der Waals surface area contributed by atoms with Gasteiger partial charge in [-0.05, 0) is 13.0 Å². The van der Waals surface area contributed by atoms with Gasteiger partial charge in [0.15, 0.2) is 6.23 Å². The Labute approximate surface area is 81.1 Å². The van der Waals surface area contributed by atoms with E-state index in [1.165, 1.54) is 0 Å². The average molecular weight is 190 g/mol. The number of carbonyl (C=O) groups is 1. The standard InChI is InChI=1S/C10H10N2O2/c1-8(14-7-13)12-10-5-3-2-4-9(10)6-11-12/h2-8H,1H3. The first-order chi connectivity index (χ1) is 6.83. The van der Waals surface area contributed by atoms with Crippen LogP contribution < -0.4 is 0 Å². The van der Waals surface area contributed by atoms with Crippen LogP contribution in [0.2, 0.25) is 0 Å². The van der Waals surface area contributed by atoms with Crippen molar-refractivity contribution in [1.82, 2.24) is 9.78 Å². The Bertz CT molecular complexity index is 450. The first kappa shape index (κ1) is 8.74. The lowest BCUT2D eigenvalue weighted by molar-refractivity contribution is -0.137. The molecule has 1 aromatic carbocycles. The summed E-state index contributed by atoms with van der Waals surface area (Å²) in [7, 11) is 0. The maximum Gasteiger partial charge on any atom is 0.295 e. The van der Waals surface area contributed by atoms with Gasteiger partial charge in [-0.25, -0.2) is 4.68 Å². The summed E-state index contributed by atoms with van der Waals surface area (Å²) < 4.78 is 6.48. The Kier molecular flexibility index (Phi) is 2.18. The van der Waals surface area contributed by atoms with Gasteiger partial charge in [0.1, 0.15) is 0 Å². The van der Waals surface area contributed by atoms with E-state index in [4.69, 9.17) is 4.74 Å². The lowest BCUT2D eigenvalue weighted by Gasteiger charge is -2.10. The minimum absolute atomic E-state index is 0.368. The van der Waals surface area contributed by atoms with Crippen LogP contribution in [-0.2, 0) is 9.53 Å². The SMILES string of the molecule is CC(OC=O)n1ncc2ccccc21. The van der Waals surface area contributed by atoms with Crippen LogP contribution in [0, 0.1) is 0 Å². The lowest BCUT2D eigenvalue weighted by Crippen LogP contribution is -2.09. The van der Waals surface area contributed by atoms with Gasteiger partial charge in [-0.2, -0.15) is 5.10 Å². The molecule has 72 valence electrons. The molecule has 4 nitrogen and oxygen atoms in total. The van der Waals surface area contributed by atoms with Crippen LogP contribution in [0.3, 0.4) is 0 Å². The molecule has 0 aliphatic carbocycles. The number of nitrogens with zero attached hydrogens (tertiary/aromatic N) is 2. The highest BCUT2D eigenvalue weighted by Gasteiger charge is 2.08. The summed E-state index contributed by atoms with van der Waals surface area (Å²) in [6.45, 7) is 2.20. The van der Waals surface area contributed by atoms with Crippen LogP contribution in [0.15, 0.2) is 30.5 Å². The normalized spacial score (nSPS) is 12.6. The van der Waals surface area contributed by atoms with E-state index in [1.807, 2.05) is 24.3 Å². The first-order valence-corrected chi connectivity index (χ1v) is 4.34. The van der Waals surface area contributed by atoms with E-state index in [1.54, 1.807) is 17.8 Å². The quantitative estimate of drug-likeness (QED) is 0.692. The molecule has 14 heavy (non-hydrogen) atoms. The van der Waals surface area contributed by atoms with Gasteiger partial charge in [0.2, 0.25) is 0 Å². The molecule has 0 saturated carbocycles. The fourth-order valence-electron chi connectivity index (χ4n) is 1.42. The summed E-state index contributed by atoms with van der Waals surface area (Å²) in [5, 5.41) is 5.18. The monoisotopic (exact) mass is 190 g/mol. The molecule has 1 atom stereocenters. The second kappa shape index (κ2) is 3.49. The number of hydrogen-bond acceptors (Lipinski definition) is 3. The molecule has 0 N–H and O–H groups in total. The summed E-state index contributed by atoms with van der Waals surface area (Å²) >= 11 is 0. The van der Waals surface area contributed by atoms with Crippen molar-refractivity contribution in [3.8, 4) is 0 Å². The molecule has 0 amide bonds. The fourth-order valence-corrected chi connectivity index (χ4v) is 1.42. The van der Waals surface area contributed by atoms with Crippen molar-refractivity contribution in [3.05, 3.63) is 30.5 Å². The number of para-hydroxylation sites is 1. The van der Waals surface area contributed by atoms with E-state index >= 15 is 0 Å². The van der Waals surface area contributed by atoms with E-state index in [0.29, 0.717) is 6.47 Å². The van der Waals surface area contributed by atoms with Gasteiger partial charge in [-0.3, -0.25) is 4.79 Å². The molecular formula is C10H10N2O2. The Balaban J connectivity index is 2.47. The molecule has 2 rings (SSSR count). The van der Waals surface area contributed by atoms with Crippen LogP contribution in [0.4, 0.5) is 0 Å². The Morgan fingerprint density at radius 3 is 3.07 bits per heavy atom. The third-order valence-electron chi connectivity index (χ3n) is 2.10. The third-order valence-corrected chi connectivity index (χ3v) is 2.10. The second-order valence-electron chi connectivity index (χ2n) is 2.98. The summed E-state index contributed by atoms with van der Waals surface area (Å²) in [4.78, 5) is 10.2. The van der Waals surface area contributed by atoms with Gasteiger partial charge in [-0.1, -0.05) is 18.2 Å². The zero-order valence-electron chi connectivity index (χ0n) is 7.75. The molecule has 2 aromatic rings. The van der Waals surface area contributed by atoms with Crippen LogP contribution in [0.5, 0.6) is 0 Å². The molecule has 1 aromatic heterocycles. The summed E-state index contributed by atoms with van der Waals surface area (Å²) in [5.74, 6) is 0. The van der Waals surface area contributed by atoms with Gasteiger partial charge in [0.05, 0.1) is 11.7 Å². The first-order valence-electron chi connectivity index (χ1n) is 4.34. The molecule has 0 bridgehead atoms. The van der Waals surface area contributed by atoms with E-state index in [2.05, 4.69) is 5.10 Å². The van der Waals surface area contributed by atoms with Gasteiger partial charge in [-0.15, -0.1) is 0 Å². The van der Waals surface area contributed by atoms with E-state index in [-0.39, 0.29) is 6.23 Å². The predicted molar refractivity (Wildman–Crippen MR) is 51.6 cm³/mol. The number of hydrogen-bond donors (Lipinski definition) is 0. The largest absolute Gasteiger partial charge is 0.442 e. The fraction of sp³-hybridized carbons (Fsp3) is 0.200. The van der Waals surface area contributed by atoms with Gasteiger partial charge >= 0.3 is 0 Å².